The van der Waals surface area contributed by atoms with E-state index in [-0.39, 0.29) is 16.8 Å². The Morgan fingerprint density at radius 3 is 2.75 bits per heavy atom. The van der Waals surface area contributed by atoms with E-state index in [9.17, 15) is 9.18 Å². The third-order valence-electron chi connectivity index (χ3n) is 8.74. The molecule has 0 bridgehead atoms. The highest BCUT2D eigenvalue weighted by atomic mass is 19.1. The number of pyridine rings is 2. The van der Waals surface area contributed by atoms with E-state index in [1.807, 2.05) is 19.3 Å². The standard InChI is InChI=1S/C30H31F2N5O3/c1-18-26(27-21(32)12-19(31)13-22(27)35-29(18)37-6-3-2-4-25(37)38)24-15-30(5-9-40-24)17-34-23-14-20(16-33-28(23)30)36-7-10-39-11-8-36/h12-14,16-17,24H,2-11,15H2,1H3/t24-,30?/m1/s1. The van der Waals surface area contributed by atoms with Crippen LogP contribution in [0.1, 0.15) is 55.0 Å². The first-order valence-corrected chi connectivity index (χ1v) is 14.0. The molecule has 0 saturated carbocycles. The van der Waals surface area contributed by atoms with Crippen LogP contribution < -0.4 is 9.80 Å². The Morgan fingerprint density at radius 1 is 1.07 bits per heavy atom. The molecule has 2 aromatic heterocycles. The van der Waals surface area contributed by atoms with Gasteiger partial charge in [0.2, 0.25) is 5.91 Å². The zero-order valence-electron chi connectivity index (χ0n) is 22.5. The first kappa shape index (κ1) is 25.5. The molecule has 0 N–H and O–H groups in total. The Kier molecular flexibility index (Phi) is 6.27. The van der Waals surface area contributed by atoms with Gasteiger partial charge in [0.1, 0.15) is 17.5 Å². The molecular formula is C30H31F2N5O3. The van der Waals surface area contributed by atoms with E-state index in [4.69, 9.17) is 19.5 Å². The van der Waals surface area contributed by atoms with Gasteiger partial charge in [-0.1, -0.05) is 0 Å². The Hall–Kier alpha value is -3.50. The largest absolute Gasteiger partial charge is 0.378 e. The van der Waals surface area contributed by atoms with Crippen LogP contribution in [0, 0.1) is 18.6 Å². The fourth-order valence-corrected chi connectivity index (χ4v) is 6.68. The highest BCUT2D eigenvalue weighted by Crippen LogP contribution is 2.50. The number of piperidine rings is 1. The Bertz CT molecular complexity index is 1540. The highest BCUT2D eigenvalue weighted by Gasteiger charge is 2.45. The number of ether oxygens (including phenoxy) is 2. The number of hydrogen-bond donors (Lipinski definition) is 0. The van der Waals surface area contributed by atoms with Crippen molar-refractivity contribution in [2.24, 2.45) is 4.99 Å². The van der Waals surface area contributed by atoms with Crippen molar-refractivity contribution in [2.75, 3.05) is 49.3 Å². The Balaban J connectivity index is 1.30. The number of hydrogen-bond acceptors (Lipinski definition) is 7. The second-order valence-corrected chi connectivity index (χ2v) is 11.1. The lowest BCUT2D eigenvalue weighted by Gasteiger charge is -2.38. The topological polar surface area (TPSA) is 80.2 Å². The second-order valence-electron chi connectivity index (χ2n) is 11.1. The summed E-state index contributed by atoms with van der Waals surface area (Å²) in [5, 5.41) is 0.236. The lowest BCUT2D eigenvalue weighted by molar-refractivity contribution is -0.119. The molecule has 8 nitrogen and oxygen atoms in total. The summed E-state index contributed by atoms with van der Waals surface area (Å²) >= 11 is 0. The number of aromatic nitrogens is 2. The third-order valence-corrected chi connectivity index (χ3v) is 8.74. The van der Waals surface area contributed by atoms with E-state index >= 15 is 4.39 Å². The molecule has 7 rings (SSSR count). The fraction of sp³-hybridized carbons (Fsp3) is 0.467. The highest BCUT2D eigenvalue weighted by molar-refractivity contribution is 5.97. The van der Waals surface area contributed by atoms with Gasteiger partial charge in [0, 0.05) is 56.4 Å². The van der Waals surface area contributed by atoms with Gasteiger partial charge in [-0.2, -0.15) is 0 Å². The van der Waals surface area contributed by atoms with Crippen LogP contribution in [0.5, 0.6) is 0 Å². The molecule has 1 unspecified atom stereocenters. The molecule has 4 aliphatic heterocycles. The predicted molar refractivity (Wildman–Crippen MR) is 148 cm³/mol. The van der Waals surface area contributed by atoms with Gasteiger partial charge in [0.25, 0.3) is 0 Å². The van der Waals surface area contributed by atoms with Crippen molar-refractivity contribution in [3.05, 3.63) is 52.9 Å². The van der Waals surface area contributed by atoms with Crippen LogP contribution in [-0.2, 0) is 19.7 Å². The van der Waals surface area contributed by atoms with Crippen LogP contribution >= 0.6 is 0 Å². The van der Waals surface area contributed by atoms with Gasteiger partial charge in [-0.3, -0.25) is 19.7 Å². The van der Waals surface area contributed by atoms with Gasteiger partial charge in [-0.25, -0.2) is 13.8 Å². The lowest BCUT2D eigenvalue weighted by Crippen LogP contribution is -2.38. The van der Waals surface area contributed by atoms with E-state index in [2.05, 4.69) is 16.0 Å². The molecule has 1 aromatic carbocycles. The van der Waals surface area contributed by atoms with Crippen LogP contribution in [0.2, 0.25) is 0 Å². The van der Waals surface area contributed by atoms with Crippen LogP contribution in [0.15, 0.2) is 29.4 Å². The number of halogens is 2. The van der Waals surface area contributed by atoms with Crippen molar-refractivity contribution in [3.8, 4) is 0 Å². The minimum atomic E-state index is -0.707. The van der Waals surface area contributed by atoms with E-state index < -0.39 is 23.2 Å². The van der Waals surface area contributed by atoms with E-state index in [1.165, 1.54) is 6.07 Å². The van der Waals surface area contributed by atoms with Crippen molar-refractivity contribution in [1.82, 2.24) is 9.97 Å². The van der Waals surface area contributed by atoms with Crippen LogP contribution in [-0.4, -0.2) is 61.5 Å². The van der Waals surface area contributed by atoms with Gasteiger partial charge in [-0.05, 0) is 49.8 Å². The number of carbonyl (C=O) groups is 1. The third kappa shape index (κ3) is 4.16. The number of carbonyl (C=O) groups excluding carboxylic acids is 1. The molecule has 0 radical (unpaired) electrons. The average Bonchev–Trinajstić information content (AvgIpc) is 3.30. The molecule has 208 valence electrons. The van der Waals surface area contributed by atoms with E-state index in [0.717, 1.165) is 49.1 Å². The van der Waals surface area contributed by atoms with Gasteiger partial charge in [-0.15, -0.1) is 0 Å². The number of morpholine rings is 1. The van der Waals surface area contributed by atoms with Crippen LogP contribution in [0.25, 0.3) is 10.9 Å². The quantitative estimate of drug-likeness (QED) is 0.455. The molecule has 2 atom stereocenters. The first-order valence-electron chi connectivity index (χ1n) is 14.0. The second kappa shape index (κ2) is 9.85. The van der Waals surface area contributed by atoms with Crippen molar-refractivity contribution >= 4 is 40.2 Å². The summed E-state index contributed by atoms with van der Waals surface area (Å²) in [4.78, 5) is 31.1. The Morgan fingerprint density at radius 2 is 1.93 bits per heavy atom. The number of benzene rings is 1. The number of aliphatic imine (C=N–C) groups is 1. The van der Waals surface area contributed by atoms with Crippen molar-refractivity contribution in [1.29, 1.82) is 0 Å². The molecule has 3 saturated heterocycles. The molecule has 40 heavy (non-hydrogen) atoms. The van der Waals surface area contributed by atoms with Crippen molar-refractivity contribution < 1.29 is 23.0 Å². The lowest BCUT2D eigenvalue weighted by atomic mass is 9.74. The number of amides is 1. The SMILES string of the molecule is Cc1c(N2CCCCC2=O)nc2cc(F)cc(F)c2c1[C@H]1CC2(C=Nc3cc(N4CCOCC4)cnc32)CCO1. The summed E-state index contributed by atoms with van der Waals surface area (Å²) in [6.07, 6.45) is 6.65. The minimum absolute atomic E-state index is 0.0258. The maximum atomic E-state index is 15.5. The number of nitrogens with zero attached hydrogens (tertiary/aromatic N) is 5. The number of rotatable bonds is 3. The first-order chi connectivity index (χ1) is 19.4. The van der Waals surface area contributed by atoms with E-state index in [0.29, 0.717) is 62.6 Å². The minimum Gasteiger partial charge on any atom is -0.378 e. The summed E-state index contributed by atoms with van der Waals surface area (Å²) in [5.41, 5.74) is 3.77. The summed E-state index contributed by atoms with van der Waals surface area (Å²) in [6.45, 7) is 5.81. The molecule has 1 amide bonds. The smallest absolute Gasteiger partial charge is 0.228 e. The normalized spacial score (nSPS) is 24.8. The van der Waals surface area contributed by atoms with E-state index in [1.54, 1.807) is 4.90 Å². The molecular weight excluding hydrogens is 516 g/mol. The summed E-state index contributed by atoms with van der Waals surface area (Å²) in [5.74, 6) is -0.966. The zero-order valence-corrected chi connectivity index (χ0v) is 22.5. The van der Waals surface area contributed by atoms with Gasteiger partial charge < -0.3 is 14.4 Å². The maximum absolute atomic E-state index is 15.5. The van der Waals surface area contributed by atoms with Gasteiger partial charge >= 0.3 is 0 Å². The Labute approximate surface area is 231 Å². The molecule has 6 heterocycles. The average molecular weight is 548 g/mol. The van der Waals surface area contributed by atoms with Crippen molar-refractivity contribution in [2.45, 2.75) is 50.5 Å². The van der Waals surface area contributed by atoms with Gasteiger partial charge in [0.05, 0.1) is 53.5 Å². The molecule has 3 aromatic rings. The molecule has 4 aliphatic rings. The number of anilines is 2. The predicted octanol–water partition coefficient (Wildman–Crippen LogP) is 5.08. The summed E-state index contributed by atoms with van der Waals surface area (Å²) in [7, 11) is 0. The van der Waals surface area contributed by atoms with Crippen LogP contribution in [0.4, 0.5) is 26.0 Å². The van der Waals surface area contributed by atoms with Crippen molar-refractivity contribution in [3.63, 3.8) is 0 Å². The summed E-state index contributed by atoms with van der Waals surface area (Å²) < 4.78 is 41.6. The number of fused-ring (bicyclic) bond motifs is 3. The van der Waals surface area contributed by atoms with Crippen LogP contribution in [0.3, 0.4) is 0 Å². The summed E-state index contributed by atoms with van der Waals surface area (Å²) in [6, 6.07) is 4.20. The zero-order chi connectivity index (χ0) is 27.4. The molecule has 0 aliphatic carbocycles. The fourth-order valence-electron chi connectivity index (χ4n) is 6.68. The monoisotopic (exact) mass is 547 g/mol. The maximum Gasteiger partial charge on any atom is 0.228 e. The molecule has 1 spiro atoms. The molecule has 3 fully saturated rings. The van der Waals surface area contributed by atoms with Gasteiger partial charge in [0.15, 0.2) is 0 Å². The molecule has 10 heteroatoms.